The SMILES string of the molecule is COc1ccc2c(COC(=O)CNC(=O)c3ccc(C)c(C)c3)cc(=O)oc2c1. The minimum absolute atomic E-state index is 0.118. The molecule has 29 heavy (non-hydrogen) atoms. The van der Waals surface area contributed by atoms with Gasteiger partial charge < -0.3 is 19.2 Å². The lowest BCUT2D eigenvalue weighted by Gasteiger charge is -2.09. The van der Waals surface area contributed by atoms with E-state index in [4.69, 9.17) is 13.9 Å². The summed E-state index contributed by atoms with van der Waals surface area (Å²) in [6, 6.07) is 11.6. The van der Waals surface area contributed by atoms with Gasteiger partial charge in [-0.15, -0.1) is 0 Å². The van der Waals surface area contributed by atoms with E-state index in [0.717, 1.165) is 11.1 Å². The molecule has 3 aromatic rings. The molecule has 0 aliphatic carbocycles. The number of carbonyl (C=O) groups excluding carboxylic acids is 2. The van der Waals surface area contributed by atoms with Gasteiger partial charge in [-0.05, 0) is 49.2 Å². The lowest BCUT2D eigenvalue weighted by Crippen LogP contribution is -2.30. The highest BCUT2D eigenvalue weighted by Crippen LogP contribution is 2.23. The van der Waals surface area contributed by atoms with Gasteiger partial charge >= 0.3 is 11.6 Å². The smallest absolute Gasteiger partial charge is 0.336 e. The minimum atomic E-state index is -0.614. The molecule has 2 aromatic carbocycles. The van der Waals surface area contributed by atoms with Crippen LogP contribution in [0.5, 0.6) is 5.75 Å². The monoisotopic (exact) mass is 395 g/mol. The van der Waals surface area contributed by atoms with E-state index < -0.39 is 11.6 Å². The van der Waals surface area contributed by atoms with E-state index in [1.807, 2.05) is 19.9 Å². The van der Waals surface area contributed by atoms with E-state index in [-0.39, 0.29) is 19.1 Å². The first-order chi connectivity index (χ1) is 13.9. The van der Waals surface area contributed by atoms with Crippen molar-refractivity contribution in [1.82, 2.24) is 5.32 Å². The number of hydrogen-bond donors (Lipinski definition) is 1. The average molecular weight is 395 g/mol. The second-order valence-corrected chi connectivity index (χ2v) is 6.60. The van der Waals surface area contributed by atoms with Crippen LogP contribution in [0.4, 0.5) is 0 Å². The highest BCUT2D eigenvalue weighted by Gasteiger charge is 2.12. The van der Waals surface area contributed by atoms with Crippen molar-refractivity contribution >= 4 is 22.8 Å². The van der Waals surface area contributed by atoms with Gasteiger partial charge in [0.25, 0.3) is 5.91 Å². The number of amides is 1. The van der Waals surface area contributed by atoms with Crippen LogP contribution >= 0.6 is 0 Å². The molecule has 7 heteroatoms. The number of ether oxygens (including phenoxy) is 2. The van der Waals surface area contributed by atoms with Crippen molar-refractivity contribution < 1.29 is 23.5 Å². The third kappa shape index (κ3) is 4.82. The van der Waals surface area contributed by atoms with Gasteiger partial charge in [-0.1, -0.05) is 6.07 Å². The van der Waals surface area contributed by atoms with Crippen LogP contribution in [0, 0.1) is 13.8 Å². The third-order valence-electron chi connectivity index (χ3n) is 4.59. The van der Waals surface area contributed by atoms with E-state index in [1.54, 1.807) is 30.3 Å². The van der Waals surface area contributed by atoms with Gasteiger partial charge in [0.15, 0.2) is 0 Å². The molecular weight excluding hydrogens is 374 g/mol. The molecule has 0 aliphatic heterocycles. The van der Waals surface area contributed by atoms with E-state index in [0.29, 0.717) is 27.8 Å². The first-order valence-corrected chi connectivity index (χ1v) is 8.99. The number of benzene rings is 2. The molecule has 3 rings (SSSR count). The topological polar surface area (TPSA) is 94.8 Å². The zero-order valence-corrected chi connectivity index (χ0v) is 16.4. The maximum Gasteiger partial charge on any atom is 0.336 e. The largest absolute Gasteiger partial charge is 0.497 e. The summed E-state index contributed by atoms with van der Waals surface area (Å²) in [5.74, 6) is -0.427. The number of hydrogen-bond acceptors (Lipinski definition) is 6. The van der Waals surface area contributed by atoms with Crippen LogP contribution in [0.15, 0.2) is 51.7 Å². The molecular formula is C22H21NO6. The Hall–Kier alpha value is -3.61. The first kappa shape index (κ1) is 20.1. The zero-order valence-electron chi connectivity index (χ0n) is 16.4. The lowest BCUT2D eigenvalue weighted by atomic mass is 10.1. The van der Waals surface area contributed by atoms with E-state index >= 15 is 0 Å². The molecule has 0 spiro atoms. The molecule has 0 bridgehead atoms. The highest BCUT2D eigenvalue weighted by atomic mass is 16.5. The highest BCUT2D eigenvalue weighted by molar-refractivity contribution is 5.96. The van der Waals surface area contributed by atoms with Crippen molar-refractivity contribution in [3.63, 3.8) is 0 Å². The predicted molar refractivity (Wildman–Crippen MR) is 107 cm³/mol. The standard InChI is InChI=1S/C22H21NO6/c1-13-4-5-15(8-14(13)2)22(26)23-11-21(25)28-12-16-9-20(24)29-19-10-17(27-3)6-7-18(16)19/h4-10H,11-12H2,1-3H3,(H,23,26). The molecule has 0 fully saturated rings. The summed E-state index contributed by atoms with van der Waals surface area (Å²) in [7, 11) is 1.51. The van der Waals surface area contributed by atoms with Gasteiger partial charge in [0, 0.05) is 28.6 Å². The molecule has 7 nitrogen and oxygen atoms in total. The van der Waals surface area contributed by atoms with Crippen LogP contribution in [0.3, 0.4) is 0 Å². The number of carbonyl (C=O) groups is 2. The van der Waals surface area contributed by atoms with Crippen LogP contribution in [-0.4, -0.2) is 25.5 Å². The Balaban J connectivity index is 1.62. The molecule has 150 valence electrons. The Bertz CT molecular complexity index is 1130. The zero-order chi connectivity index (χ0) is 21.0. The van der Waals surface area contributed by atoms with Crippen LogP contribution < -0.4 is 15.7 Å². The van der Waals surface area contributed by atoms with Crippen molar-refractivity contribution in [1.29, 1.82) is 0 Å². The maximum atomic E-state index is 12.2. The molecule has 0 aliphatic rings. The van der Waals surface area contributed by atoms with Gasteiger partial charge in [0.05, 0.1) is 7.11 Å². The van der Waals surface area contributed by atoms with Crippen molar-refractivity contribution in [3.05, 3.63) is 75.1 Å². The van der Waals surface area contributed by atoms with Crippen LogP contribution in [0.1, 0.15) is 27.0 Å². The second-order valence-electron chi connectivity index (χ2n) is 6.60. The lowest BCUT2D eigenvalue weighted by molar-refractivity contribution is -0.143. The average Bonchev–Trinajstić information content (AvgIpc) is 2.71. The summed E-state index contributed by atoms with van der Waals surface area (Å²) in [6.45, 7) is 3.47. The van der Waals surface area contributed by atoms with Crippen LogP contribution in [0.2, 0.25) is 0 Å². The number of methoxy groups -OCH3 is 1. The molecule has 1 amide bonds. The Morgan fingerprint density at radius 2 is 1.83 bits per heavy atom. The fraction of sp³-hybridized carbons (Fsp3) is 0.227. The van der Waals surface area contributed by atoms with Crippen molar-refractivity contribution in [3.8, 4) is 5.75 Å². The van der Waals surface area contributed by atoms with E-state index in [9.17, 15) is 14.4 Å². The van der Waals surface area contributed by atoms with Gasteiger partial charge in [0.1, 0.15) is 24.5 Å². The Labute approximate surface area is 167 Å². The summed E-state index contributed by atoms with van der Waals surface area (Å²) in [5.41, 5.74) is 2.84. The number of esters is 1. The molecule has 0 unspecified atom stereocenters. The Morgan fingerprint density at radius 1 is 1.03 bits per heavy atom. The fourth-order valence-electron chi connectivity index (χ4n) is 2.80. The van der Waals surface area contributed by atoms with Crippen LogP contribution in [-0.2, 0) is 16.1 Å². The van der Waals surface area contributed by atoms with Crippen molar-refractivity contribution in [2.45, 2.75) is 20.5 Å². The number of aryl methyl sites for hydroxylation is 2. The molecule has 1 aromatic heterocycles. The number of nitrogens with one attached hydrogen (secondary N) is 1. The first-order valence-electron chi connectivity index (χ1n) is 8.99. The second kappa shape index (κ2) is 8.60. The predicted octanol–water partition coefficient (Wildman–Crippen LogP) is 2.89. The summed E-state index contributed by atoms with van der Waals surface area (Å²) >= 11 is 0. The third-order valence-corrected chi connectivity index (χ3v) is 4.59. The maximum absolute atomic E-state index is 12.2. The van der Waals surface area contributed by atoms with Gasteiger partial charge in [-0.3, -0.25) is 9.59 Å². The molecule has 0 saturated heterocycles. The molecule has 0 atom stereocenters. The molecule has 0 radical (unpaired) electrons. The normalized spacial score (nSPS) is 10.6. The van der Waals surface area contributed by atoms with Gasteiger partial charge in [-0.2, -0.15) is 0 Å². The summed E-state index contributed by atoms with van der Waals surface area (Å²) in [6.07, 6.45) is 0. The van der Waals surface area contributed by atoms with Crippen molar-refractivity contribution in [2.75, 3.05) is 13.7 Å². The molecule has 0 saturated carbocycles. The van der Waals surface area contributed by atoms with Gasteiger partial charge in [0.2, 0.25) is 0 Å². The summed E-state index contributed by atoms with van der Waals surface area (Å²) in [4.78, 5) is 36.0. The molecule has 1 heterocycles. The summed E-state index contributed by atoms with van der Waals surface area (Å²) in [5, 5.41) is 3.17. The number of rotatable bonds is 6. The fourth-order valence-corrected chi connectivity index (χ4v) is 2.80. The van der Waals surface area contributed by atoms with Crippen molar-refractivity contribution in [2.24, 2.45) is 0 Å². The van der Waals surface area contributed by atoms with E-state index in [1.165, 1.54) is 13.2 Å². The van der Waals surface area contributed by atoms with Gasteiger partial charge in [-0.25, -0.2) is 4.79 Å². The van der Waals surface area contributed by atoms with Crippen LogP contribution in [0.25, 0.3) is 11.0 Å². The quantitative estimate of drug-likeness (QED) is 0.509. The Morgan fingerprint density at radius 3 is 2.55 bits per heavy atom. The molecule has 1 N–H and O–H groups in total. The van der Waals surface area contributed by atoms with E-state index in [2.05, 4.69) is 5.32 Å². The Kier molecular flexibility index (Phi) is 5.97. The summed E-state index contributed by atoms with van der Waals surface area (Å²) < 4.78 is 15.5. The number of fused-ring (bicyclic) bond motifs is 1. The minimum Gasteiger partial charge on any atom is -0.497 e.